The second kappa shape index (κ2) is 8.84. The molecule has 1 heterocycles. The molecule has 1 atom stereocenters. The largest absolute Gasteiger partial charge is 0.487 e. The van der Waals surface area contributed by atoms with E-state index < -0.39 is 5.40 Å². The summed E-state index contributed by atoms with van der Waals surface area (Å²) in [4.78, 5) is 0. The first-order chi connectivity index (χ1) is 12.9. The molecule has 0 spiro atoms. The van der Waals surface area contributed by atoms with E-state index in [0.29, 0.717) is 18.3 Å². The molecule has 0 amide bonds. The molecule has 7 heteroatoms. The van der Waals surface area contributed by atoms with E-state index in [1.165, 1.54) is 25.7 Å². The van der Waals surface area contributed by atoms with Gasteiger partial charge in [0.05, 0.1) is 11.1 Å². The lowest BCUT2D eigenvalue weighted by atomic mass is 9.61. The fraction of sp³-hybridized carbons (Fsp3) is 0.550. The number of nitrogens with one attached hydrogen (secondary N) is 1. The lowest BCUT2D eigenvalue weighted by molar-refractivity contribution is 0.213. The van der Waals surface area contributed by atoms with Gasteiger partial charge in [0, 0.05) is 19.2 Å². The van der Waals surface area contributed by atoms with Crippen molar-refractivity contribution >= 4 is 30.2 Å². The summed E-state index contributed by atoms with van der Waals surface area (Å²) in [7, 11) is 15.5. The first kappa shape index (κ1) is 20.5. The van der Waals surface area contributed by atoms with Crippen LogP contribution in [0.3, 0.4) is 0 Å². The summed E-state index contributed by atoms with van der Waals surface area (Å²) < 4.78 is 8.08. The van der Waals surface area contributed by atoms with Crippen molar-refractivity contribution in [3.05, 3.63) is 41.1 Å². The third-order valence-corrected chi connectivity index (χ3v) is 5.66. The van der Waals surface area contributed by atoms with Gasteiger partial charge in [0.25, 0.3) is 0 Å². The van der Waals surface area contributed by atoms with E-state index in [4.69, 9.17) is 25.5 Å². The average Bonchev–Trinajstić information content (AvgIpc) is 3.25. The average molecular weight is 379 g/mol. The lowest BCUT2D eigenvalue weighted by Gasteiger charge is -2.30. The Labute approximate surface area is 167 Å². The van der Waals surface area contributed by atoms with Gasteiger partial charge in [-0.05, 0) is 43.1 Å². The van der Waals surface area contributed by atoms with Gasteiger partial charge in [0.1, 0.15) is 15.7 Å². The van der Waals surface area contributed by atoms with E-state index in [2.05, 4.69) is 21.5 Å². The highest BCUT2D eigenvalue weighted by Gasteiger charge is 2.27. The molecule has 0 saturated heterocycles. The zero-order valence-electron chi connectivity index (χ0n) is 16.4. The summed E-state index contributed by atoms with van der Waals surface area (Å²) in [6.45, 7) is 6.53. The van der Waals surface area contributed by atoms with Crippen LogP contribution in [0.1, 0.15) is 49.4 Å². The third kappa shape index (κ3) is 5.18. The number of aryl methyl sites for hydroxylation is 1. The second-order valence-corrected chi connectivity index (χ2v) is 8.19. The number of hydrogen-bond donors (Lipinski definition) is 1. The molecule has 1 saturated carbocycles. The molecule has 1 N–H and O–H groups in total. The quantitative estimate of drug-likeness (QED) is 0.566. The van der Waals surface area contributed by atoms with Crippen molar-refractivity contribution in [3.8, 4) is 5.88 Å². The Kier molecular flexibility index (Phi) is 6.70. The van der Waals surface area contributed by atoms with Crippen LogP contribution in [-0.4, -0.2) is 32.0 Å². The van der Waals surface area contributed by atoms with E-state index in [1.807, 2.05) is 35.9 Å². The number of nitrogens with zero attached hydrogens (tertiary/aromatic N) is 2. The summed E-state index contributed by atoms with van der Waals surface area (Å²) in [6, 6.07) is 7.93. The normalized spacial score (nSPS) is 15.4. The van der Waals surface area contributed by atoms with Crippen molar-refractivity contribution < 1.29 is 4.74 Å². The number of hydrogen-bond acceptors (Lipinski definition) is 3. The summed E-state index contributed by atoms with van der Waals surface area (Å²) in [5.74, 6) is 1.27. The highest BCUT2D eigenvalue weighted by molar-refractivity contribution is 7.27. The zero-order chi connectivity index (χ0) is 19.4. The van der Waals surface area contributed by atoms with Crippen LogP contribution >= 0.6 is 9.24 Å². The fourth-order valence-electron chi connectivity index (χ4n) is 3.68. The van der Waals surface area contributed by atoms with Crippen molar-refractivity contribution in [3.63, 3.8) is 0 Å². The zero-order valence-corrected chi connectivity index (χ0v) is 17.5. The monoisotopic (exact) mass is 379 g/mol. The molecule has 0 bridgehead atoms. The molecule has 1 aromatic carbocycles. The minimum absolute atomic E-state index is 0.630. The van der Waals surface area contributed by atoms with Crippen molar-refractivity contribution in [2.75, 3.05) is 6.54 Å². The highest BCUT2D eigenvalue weighted by atomic mass is 31.0. The predicted octanol–water partition coefficient (Wildman–Crippen LogP) is 2.52. The van der Waals surface area contributed by atoms with Crippen LogP contribution in [0.15, 0.2) is 24.3 Å². The third-order valence-electron chi connectivity index (χ3n) is 5.16. The van der Waals surface area contributed by atoms with Gasteiger partial charge in [0.15, 0.2) is 0 Å². The molecule has 1 aliphatic carbocycles. The molecule has 27 heavy (non-hydrogen) atoms. The molecular formula is C20H28B2N3OP. The Morgan fingerprint density at radius 2 is 2.04 bits per heavy atom. The van der Waals surface area contributed by atoms with Gasteiger partial charge in [-0.3, -0.25) is 0 Å². The number of ether oxygens (including phenoxy) is 1. The summed E-state index contributed by atoms with van der Waals surface area (Å²) in [6.07, 6.45) is 5.07. The lowest BCUT2D eigenvalue weighted by Crippen LogP contribution is -2.38. The topological polar surface area (TPSA) is 39.1 Å². The summed E-state index contributed by atoms with van der Waals surface area (Å²) >= 11 is 0. The van der Waals surface area contributed by atoms with E-state index in [1.54, 1.807) is 0 Å². The Hall–Kier alpha value is -1.25. The van der Waals surface area contributed by atoms with Crippen LogP contribution in [0, 0.1) is 12.8 Å². The number of aromatic nitrogens is 2. The molecular weight excluding hydrogens is 351 g/mol. The first-order valence-corrected chi connectivity index (χ1v) is 10.4. The molecule has 2 aromatic rings. The maximum atomic E-state index is 6.41. The van der Waals surface area contributed by atoms with Crippen molar-refractivity contribution in [2.45, 2.75) is 58.0 Å². The standard InChI is InChI=1S/C20H28B2N3OP/c1-3-23-12-16-11-19(25(24-16)13-15-6-4-5-7-15)26-20(21,22)17-10-14(2)8-9-18(17)27/h8-11,15,23H,3-7,12-13,27H2,1-2H3. The minimum atomic E-state index is -1.42. The van der Waals surface area contributed by atoms with Crippen molar-refractivity contribution in [1.29, 1.82) is 0 Å². The van der Waals surface area contributed by atoms with Gasteiger partial charge in [-0.2, -0.15) is 5.10 Å². The van der Waals surface area contributed by atoms with Crippen LogP contribution in [0.25, 0.3) is 0 Å². The molecule has 1 aromatic heterocycles. The smallest absolute Gasteiger partial charge is 0.211 e. The van der Waals surface area contributed by atoms with Gasteiger partial charge in [-0.15, -0.1) is 9.24 Å². The fourth-order valence-corrected chi connectivity index (χ4v) is 4.08. The molecule has 1 fully saturated rings. The van der Waals surface area contributed by atoms with E-state index in [0.717, 1.165) is 35.2 Å². The van der Waals surface area contributed by atoms with Gasteiger partial charge in [-0.1, -0.05) is 43.5 Å². The van der Waals surface area contributed by atoms with Crippen LogP contribution in [0.2, 0.25) is 0 Å². The first-order valence-electron chi connectivity index (χ1n) is 9.80. The molecule has 140 valence electrons. The van der Waals surface area contributed by atoms with E-state index >= 15 is 0 Å². The Bertz CT molecular complexity index is 773. The van der Waals surface area contributed by atoms with Crippen LogP contribution in [0.5, 0.6) is 5.88 Å². The predicted molar refractivity (Wildman–Crippen MR) is 116 cm³/mol. The van der Waals surface area contributed by atoms with Crippen molar-refractivity contribution in [1.82, 2.24) is 15.1 Å². The maximum absolute atomic E-state index is 6.41. The van der Waals surface area contributed by atoms with Crippen molar-refractivity contribution in [2.24, 2.45) is 5.92 Å². The van der Waals surface area contributed by atoms with Gasteiger partial charge in [-0.25, -0.2) is 4.68 Å². The molecule has 1 unspecified atom stereocenters. The summed E-state index contributed by atoms with van der Waals surface area (Å²) in [5, 5.41) is 7.56. The second-order valence-electron chi connectivity index (χ2n) is 7.57. The van der Waals surface area contributed by atoms with Crippen LogP contribution in [0.4, 0.5) is 0 Å². The van der Waals surface area contributed by atoms with Gasteiger partial charge < -0.3 is 10.1 Å². The highest BCUT2D eigenvalue weighted by Crippen LogP contribution is 2.30. The maximum Gasteiger partial charge on any atom is 0.211 e. The molecule has 4 nitrogen and oxygen atoms in total. The molecule has 1 aliphatic rings. The number of rotatable bonds is 8. The Balaban J connectivity index is 1.86. The van der Waals surface area contributed by atoms with E-state index in [9.17, 15) is 0 Å². The Morgan fingerprint density at radius 1 is 1.30 bits per heavy atom. The molecule has 4 radical (unpaired) electrons. The van der Waals surface area contributed by atoms with Gasteiger partial charge >= 0.3 is 0 Å². The van der Waals surface area contributed by atoms with Gasteiger partial charge in [0.2, 0.25) is 5.88 Å². The summed E-state index contributed by atoms with van der Waals surface area (Å²) in [5.41, 5.74) is 2.79. The Morgan fingerprint density at radius 3 is 2.74 bits per heavy atom. The van der Waals surface area contributed by atoms with Crippen LogP contribution < -0.4 is 15.4 Å². The minimum Gasteiger partial charge on any atom is -0.487 e. The van der Waals surface area contributed by atoms with Crippen LogP contribution in [-0.2, 0) is 18.5 Å². The van der Waals surface area contributed by atoms with E-state index in [-0.39, 0.29) is 0 Å². The molecule has 3 rings (SSSR count). The SMILES string of the molecule is [B]C([B])(Oc1cc(CNCC)nn1CC1CCCC1)c1cc(C)ccc1P. The number of benzene rings is 1. The molecule has 0 aliphatic heterocycles.